The van der Waals surface area contributed by atoms with Crippen LogP contribution >= 0.6 is 23.1 Å². The molecule has 146 valence electrons. The molecule has 5 nitrogen and oxygen atoms in total. The van der Waals surface area contributed by atoms with Gasteiger partial charge < -0.3 is 9.47 Å². The first kappa shape index (κ1) is 19.2. The number of carbonyl (C=O) groups is 1. The smallest absolute Gasteiger partial charge is 0.260 e. The number of anilines is 1. The van der Waals surface area contributed by atoms with E-state index in [0.29, 0.717) is 23.0 Å². The van der Waals surface area contributed by atoms with Crippen LogP contribution < -0.4 is 9.64 Å². The molecule has 7 heteroatoms. The molecular formula is C21H22N2O3S2. The second-order valence-corrected chi connectivity index (χ2v) is 8.44. The topological polar surface area (TPSA) is 51.7 Å². The van der Waals surface area contributed by atoms with Crippen molar-refractivity contribution in [3.8, 4) is 5.75 Å². The molecular weight excluding hydrogens is 392 g/mol. The van der Waals surface area contributed by atoms with Crippen LogP contribution in [0.3, 0.4) is 0 Å². The van der Waals surface area contributed by atoms with Gasteiger partial charge in [-0.15, -0.1) is 11.8 Å². The Hall–Kier alpha value is -2.09. The Balaban J connectivity index is 1.73. The van der Waals surface area contributed by atoms with E-state index in [1.807, 2.05) is 30.5 Å². The van der Waals surface area contributed by atoms with E-state index in [1.165, 1.54) is 0 Å². The molecule has 1 aliphatic rings. The minimum atomic E-state index is -0.0841. The standard InChI is InChI=1S/C21H22N2O3S2/c1-25-15-7-3-6-14(12-15)20(24)23(13-16-8-5-11-26-16)21-22-19-17(27-2)9-4-10-18(19)28-21/h3-4,6-7,9-10,12,16H,5,8,11,13H2,1-2H3/t16-/m0/s1. The lowest BCUT2D eigenvalue weighted by Crippen LogP contribution is -2.37. The van der Waals surface area contributed by atoms with Gasteiger partial charge in [-0.05, 0) is 49.4 Å². The third-order valence-electron chi connectivity index (χ3n) is 4.79. The van der Waals surface area contributed by atoms with Crippen molar-refractivity contribution in [1.82, 2.24) is 4.98 Å². The summed E-state index contributed by atoms with van der Waals surface area (Å²) in [6, 6.07) is 13.4. The van der Waals surface area contributed by atoms with E-state index in [9.17, 15) is 4.79 Å². The minimum Gasteiger partial charge on any atom is -0.497 e. The first-order valence-electron chi connectivity index (χ1n) is 9.20. The van der Waals surface area contributed by atoms with Crippen LogP contribution in [-0.4, -0.2) is 43.5 Å². The highest BCUT2D eigenvalue weighted by atomic mass is 32.2. The number of methoxy groups -OCH3 is 1. The molecule has 1 atom stereocenters. The molecule has 28 heavy (non-hydrogen) atoms. The molecule has 1 aromatic heterocycles. The molecule has 4 rings (SSSR count). The quantitative estimate of drug-likeness (QED) is 0.540. The second-order valence-electron chi connectivity index (χ2n) is 6.59. The van der Waals surface area contributed by atoms with Crippen LogP contribution in [0.15, 0.2) is 47.4 Å². The fourth-order valence-electron chi connectivity index (χ4n) is 3.34. The van der Waals surface area contributed by atoms with Crippen molar-refractivity contribution in [2.45, 2.75) is 23.8 Å². The Morgan fingerprint density at radius 3 is 2.96 bits per heavy atom. The highest BCUT2D eigenvalue weighted by Gasteiger charge is 2.27. The summed E-state index contributed by atoms with van der Waals surface area (Å²) in [5, 5.41) is 0.708. The average Bonchev–Trinajstić information content (AvgIpc) is 3.40. The Kier molecular flexibility index (Phi) is 5.85. The largest absolute Gasteiger partial charge is 0.497 e. The molecule has 3 aromatic rings. The number of aromatic nitrogens is 1. The molecule has 1 fully saturated rings. The number of hydrogen-bond acceptors (Lipinski definition) is 6. The van der Waals surface area contributed by atoms with Crippen molar-refractivity contribution in [1.29, 1.82) is 0 Å². The van der Waals surface area contributed by atoms with Gasteiger partial charge in [-0.25, -0.2) is 4.98 Å². The highest BCUT2D eigenvalue weighted by Crippen LogP contribution is 2.35. The number of carbonyl (C=O) groups excluding carboxylic acids is 1. The molecule has 0 aliphatic carbocycles. The van der Waals surface area contributed by atoms with E-state index < -0.39 is 0 Å². The number of thiazole rings is 1. The number of hydrogen-bond donors (Lipinski definition) is 0. The van der Waals surface area contributed by atoms with Crippen LogP contribution in [0.1, 0.15) is 23.2 Å². The van der Waals surface area contributed by atoms with Gasteiger partial charge in [0.1, 0.15) is 5.75 Å². The molecule has 2 heterocycles. The van der Waals surface area contributed by atoms with Gasteiger partial charge in [0.2, 0.25) is 0 Å². The summed E-state index contributed by atoms with van der Waals surface area (Å²) < 4.78 is 12.2. The van der Waals surface area contributed by atoms with Gasteiger partial charge in [-0.3, -0.25) is 9.69 Å². The average molecular weight is 415 g/mol. The maximum absolute atomic E-state index is 13.4. The number of rotatable bonds is 6. The maximum atomic E-state index is 13.4. The Morgan fingerprint density at radius 2 is 2.21 bits per heavy atom. The van der Waals surface area contributed by atoms with Gasteiger partial charge in [0.15, 0.2) is 5.13 Å². The number of nitrogens with zero attached hydrogens (tertiary/aromatic N) is 2. The lowest BCUT2D eigenvalue weighted by Gasteiger charge is -2.23. The van der Waals surface area contributed by atoms with Crippen molar-refractivity contribution in [3.05, 3.63) is 48.0 Å². The third kappa shape index (κ3) is 3.87. The molecule has 0 saturated carbocycles. The summed E-state index contributed by atoms with van der Waals surface area (Å²) in [6.45, 7) is 1.26. The highest BCUT2D eigenvalue weighted by molar-refractivity contribution is 7.98. The van der Waals surface area contributed by atoms with E-state index in [2.05, 4.69) is 12.1 Å². The van der Waals surface area contributed by atoms with E-state index >= 15 is 0 Å². The number of ether oxygens (including phenoxy) is 2. The van der Waals surface area contributed by atoms with Crippen LogP contribution in [-0.2, 0) is 4.74 Å². The zero-order valence-corrected chi connectivity index (χ0v) is 17.5. The Bertz CT molecular complexity index is 983. The predicted octanol–water partition coefficient (Wildman–Crippen LogP) is 4.85. The van der Waals surface area contributed by atoms with Gasteiger partial charge in [-0.1, -0.05) is 23.5 Å². The molecule has 1 aliphatic heterocycles. The minimum absolute atomic E-state index is 0.0431. The number of thioether (sulfide) groups is 1. The van der Waals surface area contributed by atoms with Gasteiger partial charge in [0.25, 0.3) is 5.91 Å². The van der Waals surface area contributed by atoms with Gasteiger partial charge >= 0.3 is 0 Å². The molecule has 2 aromatic carbocycles. The van der Waals surface area contributed by atoms with Gasteiger partial charge in [-0.2, -0.15) is 0 Å². The van der Waals surface area contributed by atoms with Crippen LogP contribution in [0, 0.1) is 0 Å². The third-order valence-corrected chi connectivity index (χ3v) is 6.61. The summed E-state index contributed by atoms with van der Waals surface area (Å²) in [6.07, 6.45) is 4.08. The van der Waals surface area contributed by atoms with E-state index in [-0.39, 0.29) is 12.0 Å². The SMILES string of the molecule is COc1cccc(C(=O)N(C[C@@H]2CCCO2)c2nc3c(SC)cccc3s2)c1. The molecule has 0 radical (unpaired) electrons. The fraction of sp³-hybridized carbons (Fsp3) is 0.333. The summed E-state index contributed by atoms with van der Waals surface area (Å²) in [5.74, 6) is 0.580. The van der Waals surface area contributed by atoms with Crippen molar-refractivity contribution in [3.63, 3.8) is 0 Å². The van der Waals surface area contributed by atoms with Crippen molar-refractivity contribution in [2.24, 2.45) is 0 Å². The predicted molar refractivity (Wildman–Crippen MR) is 115 cm³/mol. The first-order valence-corrected chi connectivity index (χ1v) is 11.2. The Morgan fingerprint density at radius 1 is 1.36 bits per heavy atom. The van der Waals surface area contributed by atoms with Gasteiger partial charge in [0, 0.05) is 17.1 Å². The van der Waals surface area contributed by atoms with E-state index in [1.54, 1.807) is 41.2 Å². The summed E-state index contributed by atoms with van der Waals surface area (Å²) in [4.78, 5) is 21.1. The Labute approximate surface area is 172 Å². The maximum Gasteiger partial charge on any atom is 0.260 e. The first-order chi connectivity index (χ1) is 13.7. The van der Waals surface area contributed by atoms with Crippen LogP contribution in [0.2, 0.25) is 0 Å². The lowest BCUT2D eigenvalue weighted by atomic mass is 10.1. The zero-order chi connectivity index (χ0) is 19.5. The van der Waals surface area contributed by atoms with Crippen molar-refractivity contribution in [2.75, 3.05) is 31.4 Å². The number of fused-ring (bicyclic) bond motifs is 1. The van der Waals surface area contributed by atoms with E-state index in [0.717, 1.165) is 34.6 Å². The van der Waals surface area contributed by atoms with Crippen LogP contribution in [0.5, 0.6) is 5.75 Å². The fourth-order valence-corrected chi connectivity index (χ4v) is 4.97. The summed E-state index contributed by atoms with van der Waals surface area (Å²) in [7, 11) is 1.60. The van der Waals surface area contributed by atoms with Crippen molar-refractivity contribution < 1.29 is 14.3 Å². The van der Waals surface area contributed by atoms with Crippen molar-refractivity contribution >= 4 is 44.4 Å². The number of benzene rings is 2. The lowest BCUT2D eigenvalue weighted by molar-refractivity contribution is 0.0917. The molecule has 1 saturated heterocycles. The monoisotopic (exact) mass is 414 g/mol. The summed E-state index contributed by atoms with van der Waals surface area (Å²) in [5.41, 5.74) is 1.53. The van der Waals surface area contributed by atoms with Crippen LogP contribution in [0.25, 0.3) is 10.2 Å². The summed E-state index contributed by atoms with van der Waals surface area (Å²) >= 11 is 3.21. The van der Waals surface area contributed by atoms with E-state index in [4.69, 9.17) is 14.5 Å². The molecule has 0 spiro atoms. The molecule has 0 N–H and O–H groups in total. The number of para-hydroxylation sites is 1. The molecule has 1 amide bonds. The second kappa shape index (κ2) is 8.51. The van der Waals surface area contributed by atoms with Crippen LogP contribution in [0.4, 0.5) is 5.13 Å². The normalized spacial score (nSPS) is 16.4. The van der Waals surface area contributed by atoms with Gasteiger partial charge in [0.05, 0.1) is 30.0 Å². The molecule has 0 bridgehead atoms. The number of amides is 1. The molecule has 0 unspecified atom stereocenters. The zero-order valence-electron chi connectivity index (χ0n) is 15.9.